The number of amides is 1. The number of alkyl halides is 4. The van der Waals surface area contributed by atoms with Crippen molar-refractivity contribution in [2.24, 2.45) is 11.3 Å². The summed E-state index contributed by atoms with van der Waals surface area (Å²) in [5.41, 5.74) is 2.80. The van der Waals surface area contributed by atoms with Crippen LogP contribution in [-0.4, -0.2) is 105 Å². The molecular weight excluding hydrogens is 940 g/mol. The molecule has 1 aliphatic carbocycles. The van der Waals surface area contributed by atoms with Crippen molar-refractivity contribution < 1.29 is 40.4 Å². The fourth-order valence-corrected chi connectivity index (χ4v) is 10.8. The number of nitrogens with one attached hydrogen (secondary N) is 3. The maximum absolute atomic E-state index is 14.0. The number of sulfonamides is 1. The second kappa shape index (κ2) is 20.7. The number of ether oxygens (including phenoxy) is 1. The number of fused-ring (bicyclic) bond motifs is 1. The molecule has 3 aliphatic rings. The number of piperidine rings is 1. The first-order valence-electron chi connectivity index (χ1n) is 23.0. The SMILES string of the molecule is CC1(C)CCC(CN2CCN(c3ccc(C(=O)NS(=O)(=O)c4ccc(NCCC5CCN(CCF)CC5)c([N+](=O)[O-])c4)c(Oc4cnc5[nH]ccc5c4)c3)CC2)=C(c2ccc(C(F)(F)F)cc2Cl)C1. The molecule has 2 aliphatic heterocycles. The molecule has 0 bridgehead atoms. The molecule has 14 nitrogen and oxygen atoms in total. The number of allylic oxidation sites excluding steroid dienone is 1. The third-order valence-corrected chi connectivity index (χ3v) is 15.1. The molecule has 4 heterocycles. The summed E-state index contributed by atoms with van der Waals surface area (Å²) >= 11 is 6.54. The van der Waals surface area contributed by atoms with E-state index in [2.05, 4.69) is 48.6 Å². The topological polar surface area (TPSA) is 166 Å². The number of carbonyl (C=O) groups excluding carboxylic acids is 1. The Hall–Kier alpha value is -5.76. The fourth-order valence-electron chi connectivity index (χ4n) is 9.49. The normalized spacial score (nSPS) is 17.6. The number of aromatic nitrogens is 2. The van der Waals surface area contributed by atoms with Gasteiger partial charge >= 0.3 is 6.18 Å². The summed E-state index contributed by atoms with van der Waals surface area (Å²) in [4.78, 5) is 38.9. The van der Waals surface area contributed by atoms with Gasteiger partial charge in [-0.25, -0.2) is 22.5 Å². The molecule has 2 saturated heterocycles. The number of likely N-dealkylation sites (tertiary alicyclic amines) is 1. The van der Waals surface area contributed by atoms with Gasteiger partial charge < -0.3 is 24.8 Å². The first kappa shape index (κ1) is 49.7. The molecule has 8 rings (SSSR count). The number of hydrogen-bond acceptors (Lipinski definition) is 11. The standard InChI is InChI=1S/C49H55ClF4N8O6S/c1-48(2)14-9-34(41(29-48)39-6-3-35(26-42(39)50)49(52,53)54)31-60-21-23-61(24-22-60)36-4-7-40(45(27-36)68-37-25-33-11-17-56-46(33)57-30-37)47(63)58-69(66,67)38-5-8-43(44(28-38)62(64)65)55-16-10-32-12-18-59(19-13-32)20-15-51/h3-8,11,17,25-28,30,32,55H,9-10,12-16,18-24,29,31H2,1-2H3,(H,56,57)(H,58,63). The lowest BCUT2D eigenvalue weighted by molar-refractivity contribution is -0.384. The van der Waals surface area contributed by atoms with Crippen molar-refractivity contribution in [3.63, 3.8) is 0 Å². The van der Waals surface area contributed by atoms with Crippen LogP contribution in [0.2, 0.25) is 5.02 Å². The molecule has 20 heteroatoms. The summed E-state index contributed by atoms with van der Waals surface area (Å²) in [5.74, 6) is -0.318. The third-order valence-electron chi connectivity index (χ3n) is 13.5. The van der Waals surface area contributed by atoms with E-state index in [1.165, 1.54) is 30.5 Å². The van der Waals surface area contributed by atoms with Crippen LogP contribution in [0.15, 0.2) is 89.6 Å². The molecule has 0 saturated carbocycles. The van der Waals surface area contributed by atoms with Crippen LogP contribution in [0.3, 0.4) is 0 Å². The van der Waals surface area contributed by atoms with E-state index in [0.717, 1.165) is 79.9 Å². The van der Waals surface area contributed by atoms with Gasteiger partial charge in [0, 0.05) is 80.2 Å². The quantitative estimate of drug-likeness (QED) is 0.0489. The van der Waals surface area contributed by atoms with E-state index >= 15 is 0 Å². The lowest BCUT2D eigenvalue weighted by atomic mass is 9.72. The van der Waals surface area contributed by atoms with Gasteiger partial charge in [0.2, 0.25) is 0 Å². The molecule has 368 valence electrons. The fraction of sp³-hybridized carbons (Fsp3) is 0.429. The van der Waals surface area contributed by atoms with Crippen LogP contribution in [0.25, 0.3) is 16.6 Å². The van der Waals surface area contributed by atoms with Crippen molar-refractivity contribution >= 4 is 61.2 Å². The second-order valence-corrected chi connectivity index (χ2v) is 20.9. The third kappa shape index (κ3) is 12.0. The highest BCUT2D eigenvalue weighted by molar-refractivity contribution is 7.90. The van der Waals surface area contributed by atoms with E-state index in [1.54, 1.807) is 30.5 Å². The van der Waals surface area contributed by atoms with Gasteiger partial charge in [-0.05, 0) is 123 Å². The first-order valence-corrected chi connectivity index (χ1v) is 24.9. The van der Waals surface area contributed by atoms with Gasteiger partial charge in [-0.1, -0.05) is 37.1 Å². The summed E-state index contributed by atoms with van der Waals surface area (Å²) in [6.45, 7) is 9.41. The zero-order chi connectivity index (χ0) is 49.1. The number of nitrogens with zero attached hydrogens (tertiary/aromatic N) is 5. The summed E-state index contributed by atoms with van der Waals surface area (Å²) in [6.07, 6.45) is 3.60. The predicted octanol–water partition coefficient (Wildman–Crippen LogP) is 10.3. The van der Waals surface area contributed by atoms with E-state index in [4.69, 9.17) is 16.3 Å². The Morgan fingerprint density at radius 3 is 2.48 bits per heavy atom. The molecule has 1 amide bonds. The number of benzene rings is 3. The van der Waals surface area contributed by atoms with Crippen molar-refractivity contribution in [2.75, 3.05) is 75.8 Å². The Balaban J connectivity index is 0.976. The molecule has 5 aromatic rings. The van der Waals surface area contributed by atoms with Crippen LogP contribution < -0.4 is 19.7 Å². The van der Waals surface area contributed by atoms with E-state index in [9.17, 15) is 40.9 Å². The molecule has 2 aromatic heterocycles. The second-order valence-electron chi connectivity index (χ2n) is 18.8. The van der Waals surface area contributed by atoms with Crippen LogP contribution in [0, 0.1) is 21.4 Å². The van der Waals surface area contributed by atoms with E-state index < -0.39 is 43.2 Å². The van der Waals surface area contributed by atoms with Gasteiger partial charge in [0.1, 0.15) is 29.5 Å². The lowest BCUT2D eigenvalue weighted by Gasteiger charge is -2.39. The van der Waals surface area contributed by atoms with E-state index in [-0.39, 0.29) is 39.9 Å². The highest BCUT2D eigenvalue weighted by atomic mass is 35.5. The molecule has 0 atom stereocenters. The summed E-state index contributed by atoms with van der Waals surface area (Å²) in [7, 11) is -4.63. The number of hydrogen-bond donors (Lipinski definition) is 3. The first-order chi connectivity index (χ1) is 32.9. The summed E-state index contributed by atoms with van der Waals surface area (Å²) in [6, 6.07) is 15.4. The minimum atomic E-state index is -4.63. The number of nitro benzene ring substituents is 1. The molecule has 0 unspecified atom stereocenters. The Morgan fingerprint density at radius 1 is 1.00 bits per heavy atom. The van der Waals surface area contributed by atoms with Crippen molar-refractivity contribution in [3.8, 4) is 11.5 Å². The minimum absolute atomic E-state index is 0.0472. The van der Waals surface area contributed by atoms with Crippen LogP contribution in [-0.2, 0) is 16.2 Å². The van der Waals surface area contributed by atoms with Gasteiger partial charge in [0.15, 0.2) is 0 Å². The number of piperazine rings is 1. The van der Waals surface area contributed by atoms with Gasteiger partial charge in [-0.15, -0.1) is 0 Å². The number of halogens is 5. The van der Waals surface area contributed by atoms with Gasteiger partial charge in [-0.3, -0.25) is 19.8 Å². The highest BCUT2D eigenvalue weighted by Gasteiger charge is 2.34. The van der Waals surface area contributed by atoms with Gasteiger partial charge in [0.05, 0.1) is 27.1 Å². The van der Waals surface area contributed by atoms with Crippen molar-refractivity contribution in [3.05, 3.63) is 117 Å². The van der Waals surface area contributed by atoms with E-state index in [1.807, 2.05) is 0 Å². The smallest absolute Gasteiger partial charge is 0.416 e. The Labute approximate surface area is 403 Å². The van der Waals surface area contributed by atoms with Crippen LogP contribution in [0.5, 0.6) is 11.5 Å². The minimum Gasteiger partial charge on any atom is -0.455 e. The molecular formula is C49H55ClF4N8O6S. The average molecular weight is 996 g/mol. The highest BCUT2D eigenvalue weighted by Crippen LogP contribution is 2.46. The maximum atomic E-state index is 14.0. The number of aromatic amines is 1. The van der Waals surface area contributed by atoms with Crippen LogP contribution in [0.1, 0.15) is 73.9 Å². The number of nitro groups is 1. The number of anilines is 2. The number of pyridine rings is 1. The molecule has 0 spiro atoms. The van der Waals surface area contributed by atoms with Crippen molar-refractivity contribution in [1.29, 1.82) is 0 Å². The zero-order valence-electron chi connectivity index (χ0n) is 38.4. The zero-order valence-corrected chi connectivity index (χ0v) is 40.0. The van der Waals surface area contributed by atoms with Crippen molar-refractivity contribution in [1.82, 2.24) is 24.5 Å². The Bertz CT molecular complexity index is 2840. The van der Waals surface area contributed by atoms with Gasteiger partial charge in [0.25, 0.3) is 21.6 Å². The average Bonchev–Trinajstić information content (AvgIpc) is 3.78. The van der Waals surface area contributed by atoms with Crippen LogP contribution in [0.4, 0.5) is 34.6 Å². The van der Waals surface area contributed by atoms with Crippen molar-refractivity contribution in [2.45, 2.75) is 63.4 Å². The molecule has 2 fully saturated rings. The van der Waals surface area contributed by atoms with E-state index in [0.29, 0.717) is 75.1 Å². The van der Waals surface area contributed by atoms with Crippen LogP contribution >= 0.6 is 11.6 Å². The number of carbonyl (C=O) groups is 1. The number of H-pyrrole nitrogens is 1. The molecule has 3 aromatic carbocycles. The largest absolute Gasteiger partial charge is 0.455 e. The molecule has 69 heavy (non-hydrogen) atoms. The summed E-state index contributed by atoms with van der Waals surface area (Å²) < 4.78 is 89.1. The Kier molecular flexibility index (Phi) is 14.9. The summed E-state index contributed by atoms with van der Waals surface area (Å²) in [5, 5.41) is 16.1. The number of rotatable bonds is 16. The molecule has 0 radical (unpaired) electrons. The predicted molar refractivity (Wildman–Crippen MR) is 258 cm³/mol. The maximum Gasteiger partial charge on any atom is 0.416 e. The Morgan fingerprint density at radius 2 is 1.77 bits per heavy atom. The monoisotopic (exact) mass is 994 g/mol. The lowest BCUT2D eigenvalue weighted by Crippen LogP contribution is -2.47. The molecule has 3 N–H and O–H groups in total. The van der Waals surface area contributed by atoms with Gasteiger partial charge in [-0.2, -0.15) is 13.2 Å².